The van der Waals surface area contributed by atoms with Gasteiger partial charge in [-0.1, -0.05) is 13.0 Å². The normalized spacial score (nSPS) is 17.2. The summed E-state index contributed by atoms with van der Waals surface area (Å²) in [4.78, 5) is 32.4. The molecule has 2 aliphatic rings. The van der Waals surface area contributed by atoms with Gasteiger partial charge in [0.05, 0.1) is 36.2 Å². The molecule has 1 atom stereocenters. The molecule has 2 heterocycles. The van der Waals surface area contributed by atoms with E-state index in [2.05, 4.69) is 15.3 Å². The van der Waals surface area contributed by atoms with Crippen molar-refractivity contribution >= 4 is 27.6 Å². The van der Waals surface area contributed by atoms with Crippen molar-refractivity contribution in [2.45, 2.75) is 32.1 Å². The molecule has 4 rings (SSSR count). The van der Waals surface area contributed by atoms with Gasteiger partial charge in [0.15, 0.2) is 27.2 Å². The second-order valence-electron chi connectivity index (χ2n) is 8.52. The number of urea groups is 1. The first kappa shape index (κ1) is 23.1. The maximum absolute atomic E-state index is 14.0. The number of nitrogens with one attached hydrogen (secondary N) is 1. The Balaban J connectivity index is 1.33. The average Bonchev–Trinajstić information content (AvgIpc) is 3.54. The van der Waals surface area contributed by atoms with E-state index < -0.39 is 27.6 Å². The molecule has 0 radical (unpaired) electrons. The third kappa shape index (κ3) is 6.04. The van der Waals surface area contributed by atoms with Crippen molar-refractivity contribution < 1.29 is 27.1 Å². The molecule has 1 aromatic heterocycles. The number of carbonyl (C=O) groups excluding carboxylic acids is 2. The van der Waals surface area contributed by atoms with Crippen LogP contribution in [0.4, 0.5) is 15.0 Å². The zero-order valence-electron chi connectivity index (χ0n) is 18.2. The molecule has 1 aliphatic heterocycles. The number of nitrogens with zero attached hydrogens (tertiary/aromatic N) is 3. The van der Waals surface area contributed by atoms with Crippen LogP contribution in [0.25, 0.3) is 0 Å². The summed E-state index contributed by atoms with van der Waals surface area (Å²) in [5, 5.41) is 2.15. The van der Waals surface area contributed by atoms with E-state index in [9.17, 15) is 22.4 Å². The summed E-state index contributed by atoms with van der Waals surface area (Å²) >= 11 is 0. The molecule has 1 aromatic carbocycles. The van der Waals surface area contributed by atoms with Crippen LogP contribution in [0.1, 0.15) is 36.9 Å². The number of imide groups is 1. The molecule has 0 spiro atoms. The van der Waals surface area contributed by atoms with Crippen LogP contribution in [-0.4, -0.2) is 55.0 Å². The summed E-state index contributed by atoms with van der Waals surface area (Å²) in [7, 11) is -3.43. The second-order valence-corrected chi connectivity index (χ2v) is 10.7. The lowest BCUT2D eigenvalue weighted by Crippen LogP contribution is -2.28. The van der Waals surface area contributed by atoms with Crippen molar-refractivity contribution in [1.82, 2.24) is 15.3 Å². The van der Waals surface area contributed by atoms with Crippen molar-refractivity contribution in [3.63, 3.8) is 0 Å². The van der Waals surface area contributed by atoms with Crippen LogP contribution in [-0.2, 0) is 21.1 Å². The number of hydrogen-bond donors (Lipinski definition) is 1. The minimum absolute atomic E-state index is 0.0950. The first-order valence-electron chi connectivity index (χ1n) is 10.7. The minimum atomic E-state index is -3.43. The van der Waals surface area contributed by atoms with Gasteiger partial charge in [0.1, 0.15) is 6.54 Å². The number of benzene rings is 1. The van der Waals surface area contributed by atoms with E-state index >= 15 is 0 Å². The van der Waals surface area contributed by atoms with Gasteiger partial charge in [0, 0.05) is 6.42 Å². The summed E-state index contributed by atoms with van der Waals surface area (Å²) in [5.74, 6) is -0.567. The number of carbonyl (C=O) groups is 2. The fraction of sp³-hybridized carbons (Fsp3) is 0.455. The number of ether oxygens (including phenoxy) is 1. The second kappa shape index (κ2) is 9.42. The van der Waals surface area contributed by atoms with Crippen molar-refractivity contribution in [2.24, 2.45) is 5.92 Å². The molecule has 3 amide bonds. The minimum Gasteiger partial charge on any atom is -0.490 e. The number of anilines is 1. The highest BCUT2D eigenvalue weighted by Crippen LogP contribution is 2.31. The Hall–Kier alpha value is -3.08. The monoisotopic (exact) mass is 476 g/mol. The molecule has 1 aliphatic carbocycles. The molecule has 11 heteroatoms. The Morgan fingerprint density at radius 1 is 1.24 bits per heavy atom. The van der Waals surface area contributed by atoms with Crippen LogP contribution >= 0.6 is 0 Å². The lowest BCUT2D eigenvalue weighted by molar-refractivity contribution is -0.117. The fourth-order valence-electron chi connectivity index (χ4n) is 3.49. The molecule has 1 saturated carbocycles. The number of aryl methyl sites for hydroxylation is 1. The number of amides is 3. The highest BCUT2D eigenvalue weighted by molar-refractivity contribution is 7.91. The standard InChI is InChI=1S/C22H25FN4O5S/c1-14(16-4-5-18(23)19(8-16)32-12-15-2-3-15)13-33(30,31)7-6-17-9-25-20(10-24-17)27-11-21(28)26-22(27)29/h4-5,8-10,14-15H,2-3,6-7,11-13H2,1H3,(H,26,28,29)/t14-/m0/s1. The van der Waals surface area contributed by atoms with E-state index in [0.717, 1.165) is 17.7 Å². The maximum Gasteiger partial charge on any atom is 0.330 e. The predicted octanol–water partition coefficient (Wildman–Crippen LogP) is 2.22. The highest BCUT2D eigenvalue weighted by Gasteiger charge is 2.29. The van der Waals surface area contributed by atoms with E-state index in [1.807, 2.05) is 0 Å². The molecule has 2 fully saturated rings. The van der Waals surface area contributed by atoms with Crippen LogP contribution in [0.2, 0.25) is 0 Å². The zero-order chi connectivity index (χ0) is 23.6. The topological polar surface area (TPSA) is 119 Å². The number of aromatic nitrogens is 2. The summed E-state index contributed by atoms with van der Waals surface area (Å²) in [6, 6.07) is 3.91. The third-order valence-corrected chi connectivity index (χ3v) is 7.46. The summed E-state index contributed by atoms with van der Waals surface area (Å²) in [5.41, 5.74) is 1.16. The van der Waals surface area contributed by atoms with Crippen LogP contribution in [0, 0.1) is 11.7 Å². The van der Waals surface area contributed by atoms with Gasteiger partial charge in [-0.2, -0.15) is 0 Å². The van der Waals surface area contributed by atoms with E-state index in [4.69, 9.17) is 4.74 Å². The molecule has 2 aromatic rings. The van der Waals surface area contributed by atoms with Crippen LogP contribution in [0.15, 0.2) is 30.6 Å². The Bertz CT molecular complexity index is 1150. The van der Waals surface area contributed by atoms with E-state index in [0.29, 0.717) is 23.8 Å². The van der Waals surface area contributed by atoms with Crippen molar-refractivity contribution in [2.75, 3.05) is 29.6 Å². The Morgan fingerprint density at radius 3 is 2.67 bits per heavy atom. The van der Waals surface area contributed by atoms with Crippen molar-refractivity contribution in [1.29, 1.82) is 0 Å². The average molecular weight is 477 g/mol. The molecule has 0 unspecified atom stereocenters. The summed E-state index contributed by atoms with van der Waals surface area (Å²) < 4.78 is 44.9. The first-order chi connectivity index (χ1) is 15.7. The SMILES string of the molecule is C[C@@H](CS(=O)(=O)CCc1cnc(N2CC(=O)NC2=O)cn1)c1ccc(F)c(OCC2CC2)c1. The van der Waals surface area contributed by atoms with Gasteiger partial charge in [-0.05, 0) is 42.4 Å². The van der Waals surface area contributed by atoms with Crippen LogP contribution in [0.3, 0.4) is 0 Å². The van der Waals surface area contributed by atoms with Crippen LogP contribution in [0.5, 0.6) is 5.75 Å². The molecular formula is C22H25FN4O5S. The van der Waals surface area contributed by atoms with Gasteiger partial charge in [-0.25, -0.2) is 22.6 Å². The molecule has 9 nitrogen and oxygen atoms in total. The third-order valence-electron chi connectivity index (χ3n) is 5.63. The number of halogens is 1. The predicted molar refractivity (Wildman–Crippen MR) is 118 cm³/mol. The smallest absolute Gasteiger partial charge is 0.330 e. The lowest BCUT2D eigenvalue weighted by Gasteiger charge is -2.15. The van der Waals surface area contributed by atoms with Gasteiger partial charge in [0.25, 0.3) is 0 Å². The van der Waals surface area contributed by atoms with Gasteiger partial charge in [-0.15, -0.1) is 0 Å². The maximum atomic E-state index is 14.0. The lowest BCUT2D eigenvalue weighted by atomic mass is 10.0. The summed E-state index contributed by atoms with van der Waals surface area (Å²) in [6.07, 6.45) is 5.08. The largest absolute Gasteiger partial charge is 0.490 e. The molecule has 1 N–H and O–H groups in total. The zero-order valence-corrected chi connectivity index (χ0v) is 19.0. The van der Waals surface area contributed by atoms with E-state index in [-0.39, 0.29) is 42.0 Å². The quantitative estimate of drug-likeness (QED) is 0.522. The molecule has 0 bridgehead atoms. The van der Waals surface area contributed by atoms with Gasteiger partial charge in [0.2, 0.25) is 5.91 Å². The van der Waals surface area contributed by atoms with Crippen molar-refractivity contribution in [3.05, 3.63) is 47.7 Å². The molecule has 1 saturated heterocycles. The van der Waals surface area contributed by atoms with E-state index in [1.165, 1.54) is 18.5 Å². The van der Waals surface area contributed by atoms with Gasteiger partial charge in [-0.3, -0.25) is 20.0 Å². The Labute approximate surface area is 191 Å². The van der Waals surface area contributed by atoms with Crippen LogP contribution < -0.4 is 15.0 Å². The Morgan fingerprint density at radius 2 is 2.03 bits per heavy atom. The highest BCUT2D eigenvalue weighted by atomic mass is 32.2. The fourth-order valence-corrected chi connectivity index (χ4v) is 5.13. The number of hydrogen-bond acceptors (Lipinski definition) is 7. The van der Waals surface area contributed by atoms with Crippen molar-refractivity contribution in [3.8, 4) is 5.75 Å². The van der Waals surface area contributed by atoms with Gasteiger partial charge >= 0.3 is 6.03 Å². The molecule has 176 valence electrons. The summed E-state index contributed by atoms with van der Waals surface area (Å²) in [6.45, 7) is 2.13. The van der Waals surface area contributed by atoms with Gasteiger partial charge < -0.3 is 4.74 Å². The number of rotatable bonds is 10. The Kier molecular flexibility index (Phi) is 6.59. The molecule has 33 heavy (non-hydrogen) atoms. The van der Waals surface area contributed by atoms with E-state index in [1.54, 1.807) is 19.1 Å². The molecular weight excluding hydrogens is 451 g/mol. The first-order valence-corrected chi connectivity index (χ1v) is 12.6. The number of sulfone groups is 1.